The van der Waals surface area contributed by atoms with Crippen LogP contribution < -0.4 is 10.2 Å². The number of carbonyl (C=O) groups is 3. The van der Waals surface area contributed by atoms with Crippen LogP contribution in [-0.4, -0.2) is 48.5 Å². The summed E-state index contributed by atoms with van der Waals surface area (Å²) in [6.07, 6.45) is 3.02. The maximum atomic E-state index is 13.1. The number of halogens is 2. The first-order valence-corrected chi connectivity index (χ1v) is 12.8. The Balaban J connectivity index is 1.69. The van der Waals surface area contributed by atoms with Crippen molar-refractivity contribution in [2.75, 3.05) is 23.5 Å². The van der Waals surface area contributed by atoms with Crippen LogP contribution in [0.1, 0.15) is 35.7 Å². The zero-order chi connectivity index (χ0) is 24.0. The Morgan fingerprint density at radius 3 is 2.67 bits per heavy atom. The smallest absolute Gasteiger partial charge is 0.329 e. The molecule has 33 heavy (non-hydrogen) atoms. The van der Waals surface area contributed by atoms with Crippen molar-refractivity contribution >= 4 is 58.4 Å². The second-order valence-electron chi connectivity index (χ2n) is 7.73. The number of benzene rings is 2. The monoisotopic (exact) mass is 508 g/mol. The van der Waals surface area contributed by atoms with Gasteiger partial charge in [0.25, 0.3) is 11.8 Å². The number of aryl methyl sites for hydroxylation is 1. The Labute approximate surface area is 207 Å². The van der Waals surface area contributed by atoms with Crippen molar-refractivity contribution in [1.29, 1.82) is 0 Å². The number of esters is 1. The van der Waals surface area contributed by atoms with E-state index in [0.717, 1.165) is 24.1 Å². The van der Waals surface area contributed by atoms with Crippen molar-refractivity contribution in [3.8, 4) is 0 Å². The highest BCUT2D eigenvalue weighted by atomic mass is 35.5. The first kappa shape index (κ1) is 25.4. The molecular formula is C24H26Cl2N2O4S. The van der Waals surface area contributed by atoms with Gasteiger partial charge in [-0.05, 0) is 68.0 Å². The van der Waals surface area contributed by atoms with E-state index >= 15 is 0 Å². The minimum atomic E-state index is -0.989. The number of carbonyl (C=O) groups excluding carboxylic acids is 3. The van der Waals surface area contributed by atoms with Gasteiger partial charge >= 0.3 is 5.97 Å². The summed E-state index contributed by atoms with van der Waals surface area (Å²) in [4.78, 5) is 40.4. The molecule has 2 unspecified atom stereocenters. The van der Waals surface area contributed by atoms with Gasteiger partial charge in [-0.3, -0.25) is 9.59 Å². The number of amides is 2. The quantitative estimate of drug-likeness (QED) is 0.520. The van der Waals surface area contributed by atoms with E-state index in [1.54, 1.807) is 17.9 Å². The number of anilines is 1. The van der Waals surface area contributed by atoms with Crippen LogP contribution in [0.3, 0.4) is 0 Å². The third-order valence-corrected chi connectivity index (χ3v) is 6.58. The predicted octanol–water partition coefficient (Wildman–Crippen LogP) is 4.76. The highest BCUT2D eigenvalue weighted by Gasteiger charge is 2.31. The Kier molecular flexibility index (Phi) is 9.06. The topological polar surface area (TPSA) is 75.7 Å². The first-order chi connectivity index (χ1) is 15.8. The van der Waals surface area contributed by atoms with Gasteiger partial charge in [-0.1, -0.05) is 41.4 Å². The fourth-order valence-corrected chi connectivity index (χ4v) is 4.65. The molecule has 176 valence electrons. The second kappa shape index (κ2) is 11.8. The largest absolute Gasteiger partial charge is 0.451 e. The van der Waals surface area contributed by atoms with Crippen LogP contribution in [0.2, 0.25) is 10.0 Å². The van der Waals surface area contributed by atoms with E-state index in [1.807, 2.05) is 30.5 Å². The number of fused-ring (bicyclic) bond motifs is 1. The molecule has 0 saturated heterocycles. The Morgan fingerprint density at radius 2 is 1.94 bits per heavy atom. The molecular weight excluding hydrogens is 483 g/mol. The number of nitrogens with zero attached hydrogens (tertiary/aromatic N) is 1. The van der Waals surface area contributed by atoms with Gasteiger partial charge in [0.1, 0.15) is 6.04 Å². The van der Waals surface area contributed by atoms with E-state index in [4.69, 9.17) is 27.9 Å². The number of ether oxygens (including phenoxy) is 1. The standard InChI is InChI=1S/C24H26Cl2N2O4S/c1-15(23(30)28-12-5-7-16-6-3-4-8-21(16)28)32-24(31)20(11-13-33-2)27-22(29)18-10-9-17(25)14-19(18)26/h3-4,6,8-10,14-15,20H,5,7,11-13H2,1-2H3,(H,27,29). The number of hydrogen-bond donors (Lipinski definition) is 1. The molecule has 2 aromatic rings. The van der Waals surface area contributed by atoms with Gasteiger partial charge in [0.15, 0.2) is 6.10 Å². The summed E-state index contributed by atoms with van der Waals surface area (Å²) in [5.74, 6) is -0.834. The number of thioether (sulfide) groups is 1. The van der Waals surface area contributed by atoms with E-state index in [1.165, 1.54) is 23.9 Å². The van der Waals surface area contributed by atoms with E-state index in [9.17, 15) is 14.4 Å². The summed E-state index contributed by atoms with van der Waals surface area (Å²) in [6, 6.07) is 11.3. The van der Waals surface area contributed by atoms with Gasteiger partial charge in [-0.25, -0.2) is 4.79 Å². The van der Waals surface area contributed by atoms with Crippen molar-refractivity contribution in [3.63, 3.8) is 0 Å². The fraction of sp³-hybridized carbons (Fsp3) is 0.375. The summed E-state index contributed by atoms with van der Waals surface area (Å²) in [6.45, 7) is 2.13. The van der Waals surface area contributed by atoms with E-state index in [0.29, 0.717) is 23.7 Å². The molecule has 6 nitrogen and oxygen atoms in total. The second-order valence-corrected chi connectivity index (χ2v) is 9.56. The van der Waals surface area contributed by atoms with Crippen LogP contribution >= 0.6 is 35.0 Å². The molecule has 2 aromatic carbocycles. The number of rotatable bonds is 8. The minimum Gasteiger partial charge on any atom is -0.451 e. The van der Waals surface area contributed by atoms with Gasteiger partial charge in [-0.2, -0.15) is 11.8 Å². The molecule has 9 heteroatoms. The molecule has 1 aliphatic rings. The first-order valence-electron chi connectivity index (χ1n) is 10.7. The molecule has 1 heterocycles. The molecule has 0 radical (unpaired) electrons. The summed E-state index contributed by atoms with van der Waals surface area (Å²) in [7, 11) is 0. The van der Waals surface area contributed by atoms with Crippen molar-refractivity contribution in [3.05, 3.63) is 63.6 Å². The van der Waals surface area contributed by atoms with Crippen molar-refractivity contribution in [2.24, 2.45) is 0 Å². The third kappa shape index (κ3) is 6.43. The maximum Gasteiger partial charge on any atom is 0.329 e. The van der Waals surface area contributed by atoms with Crippen molar-refractivity contribution in [2.45, 2.75) is 38.3 Å². The average molecular weight is 509 g/mol. The van der Waals surface area contributed by atoms with Gasteiger partial charge in [0.2, 0.25) is 0 Å². The van der Waals surface area contributed by atoms with Crippen molar-refractivity contribution in [1.82, 2.24) is 5.32 Å². The highest BCUT2D eigenvalue weighted by Crippen LogP contribution is 2.27. The lowest BCUT2D eigenvalue weighted by molar-refractivity contribution is -0.155. The van der Waals surface area contributed by atoms with Crippen LogP contribution in [0.4, 0.5) is 5.69 Å². The lowest BCUT2D eigenvalue weighted by atomic mass is 10.0. The summed E-state index contributed by atoms with van der Waals surface area (Å²) in [5.41, 5.74) is 2.15. The maximum absolute atomic E-state index is 13.1. The number of para-hydroxylation sites is 1. The highest BCUT2D eigenvalue weighted by molar-refractivity contribution is 7.98. The molecule has 0 aliphatic carbocycles. The van der Waals surface area contributed by atoms with Crippen LogP contribution in [0.15, 0.2) is 42.5 Å². The molecule has 0 aromatic heterocycles. The van der Waals surface area contributed by atoms with Crippen LogP contribution in [-0.2, 0) is 20.7 Å². The normalized spacial score (nSPS) is 14.7. The molecule has 2 atom stereocenters. The van der Waals surface area contributed by atoms with Crippen LogP contribution in [0, 0.1) is 0 Å². The molecule has 1 aliphatic heterocycles. The lowest BCUT2D eigenvalue weighted by Gasteiger charge is -2.31. The Bertz CT molecular complexity index is 1030. The van der Waals surface area contributed by atoms with Crippen molar-refractivity contribution < 1.29 is 19.1 Å². The van der Waals surface area contributed by atoms with Gasteiger partial charge in [0, 0.05) is 17.3 Å². The van der Waals surface area contributed by atoms with Crippen LogP contribution in [0.5, 0.6) is 0 Å². The molecule has 0 spiro atoms. The van der Waals surface area contributed by atoms with Gasteiger partial charge in [0.05, 0.1) is 10.6 Å². The molecule has 2 amide bonds. The predicted molar refractivity (Wildman–Crippen MR) is 133 cm³/mol. The molecule has 0 bridgehead atoms. The number of hydrogen-bond acceptors (Lipinski definition) is 5. The molecule has 3 rings (SSSR count). The lowest BCUT2D eigenvalue weighted by Crippen LogP contribution is -2.47. The molecule has 0 saturated carbocycles. The molecule has 0 fully saturated rings. The van der Waals surface area contributed by atoms with E-state index in [2.05, 4.69) is 5.32 Å². The zero-order valence-corrected chi connectivity index (χ0v) is 20.8. The average Bonchev–Trinajstić information content (AvgIpc) is 2.80. The summed E-state index contributed by atoms with van der Waals surface area (Å²) in [5, 5.41) is 3.28. The fourth-order valence-electron chi connectivity index (χ4n) is 3.68. The number of nitrogens with one attached hydrogen (secondary N) is 1. The molecule has 1 N–H and O–H groups in total. The SMILES string of the molecule is CSCCC(NC(=O)c1ccc(Cl)cc1Cl)C(=O)OC(C)C(=O)N1CCCc2ccccc21. The van der Waals surface area contributed by atoms with Gasteiger partial charge in [-0.15, -0.1) is 0 Å². The Hall–Kier alpha value is -2.22. The van der Waals surface area contributed by atoms with Crippen LogP contribution in [0.25, 0.3) is 0 Å². The summed E-state index contributed by atoms with van der Waals surface area (Å²) >= 11 is 13.6. The zero-order valence-electron chi connectivity index (χ0n) is 18.5. The Morgan fingerprint density at radius 1 is 1.18 bits per heavy atom. The minimum absolute atomic E-state index is 0.185. The van der Waals surface area contributed by atoms with Gasteiger partial charge < -0.3 is 15.0 Å². The van der Waals surface area contributed by atoms with E-state index < -0.39 is 24.0 Å². The summed E-state index contributed by atoms with van der Waals surface area (Å²) < 4.78 is 5.52. The third-order valence-electron chi connectivity index (χ3n) is 5.39. The van der Waals surface area contributed by atoms with E-state index in [-0.39, 0.29) is 16.5 Å².